The van der Waals surface area contributed by atoms with Crippen LogP contribution >= 0.6 is 0 Å². The molecule has 0 aromatic heterocycles. The normalized spacial score (nSPS) is 20.8. The molecule has 1 atom stereocenters. The van der Waals surface area contributed by atoms with Gasteiger partial charge in [-0.1, -0.05) is 25.3 Å². The third-order valence-electron chi connectivity index (χ3n) is 5.50. The van der Waals surface area contributed by atoms with Gasteiger partial charge in [-0.2, -0.15) is 0 Å². The zero-order valence-corrected chi connectivity index (χ0v) is 15.4. The lowest BCUT2D eigenvalue weighted by Gasteiger charge is -2.30. The minimum atomic E-state index is -0.358. The van der Waals surface area contributed by atoms with Crippen LogP contribution < -0.4 is 10.1 Å². The Bertz CT molecular complexity index is 655. The van der Waals surface area contributed by atoms with Gasteiger partial charge in [0, 0.05) is 19.0 Å². The summed E-state index contributed by atoms with van der Waals surface area (Å²) in [6.45, 7) is 1.03. The summed E-state index contributed by atoms with van der Waals surface area (Å²) < 4.78 is 5.09. The maximum atomic E-state index is 12.8. The van der Waals surface area contributed by atoms with Gasteiger partial charge in [0.05, 0.1) is 7.11 Å². The second kappa shape index (κ2) is 8.43. The van der Waals surface area contributed by atoms with E-state index in [0.29, 0.717) is 18.8 Å². The number of phenols is 1. The van der Waals surface area contributed by atoms with Crippen LogP contribution in [0.4, 0.5) is 0 Å². The molecule has 1 aromatic carbocycles. The molecule has 0 spiro atoms. The summed E-state index contributed by atoms with van der Waals surface area (Å²) in [4.78, 5) is 27.3. The lowest BCUT2D eigenvalue weighted by atomic mass is 9.88. The van der Waals surface area contributed by atoms with Crippen LogP contribution in [0.1, 0.15) is 50.5 Å². The Labute approximate surface area is 154 Å². The molecule has 142 valence electrons. The van der Waals surface area contributed by atoms with Crippen LogP contribution in [0.3, 0.4) is 0 Å². The van der Waals surface area contributed by atoms with Crippen molar-refractivity contribution in [2.24, 2.45) is 5.92 Å². The van der Waals surface area contributed by atoms with Crippen molar-refractivity contribution in [3.05, 3.63) is 23.8 Å². The minimum Gasteiger partial charge on any atom is -0.504 e. The molecule has 6 nitrogen and oxygen atoms in total. The van der Waals surface area contributed by atoms with Crippen LogP contribution in [-0.4, -0.2) is 41.5 Å². The number of hydrogen-bond acceptors (Lipinski definition) is 4. The predicted molar refractivity (Wildman–Crippen MR) is 97.8 cm³/mol. The SMILES string of the molecule is COc1cc(CNC(=O)[C@@H]2CCCN2C(=O)C2CCCCC2)ccc1O. The molecule has 0 unspecified atom stereocenters. The van der Waals surface area contributed by atoms with E-state index in [1.54, 1.807) is 23.1 Å². The first-order valence-corrected chi connectivity index (χ1v) is 9.54. The zero-order chi connectivity index (χ0) is 18.5. The largest absolute Gasteiger partial charge is 0.504 e. The molecule has 0 bridgehead atoms. The molecule has 1 aliphatic carbocycles. The number of likely N-dealkylation sites (tertiary alicyclic amines) is 1. The van der Waals surface area contributed by atoms with Gasteiger partial charge in [-0.15, -0.1) is 0 Å². The summed E-state index contributed by atoms with van der Waals surface area (Å²) in [6.07, 6.45) is 6.96. The molecule has 6 heteroatoms. The molecule has 2 N–H and O–H groups in total. The Balaban J connectivity index is 1.58. The summed E-state index contributed by atoms with van der Waals surface area (Å²) in [5, 5.41) is 12.6. The highest BCUT2D eigenvalue weighted by Gasteiger charge is 2.37. The second-order valence-electron chi connectivity index (χ2n) is 7.25. The number of hydrogen-bond donors (Lipinski definition) is 2. The van der Waals surface area contributed by atoms with Crippen LogP contribution in [0.5, 0.6) is 11.5 Å². The zero-order valence-electron chi connectivity index (χ0n) is 15.4. The van der Waals surface area contributed by atoms with Crippen molar-refractivity contribution < 1.29 is 19.4 Å². The van der Waals surface area contributed by atoms with Crippen molar-refractivity contribution in [2.45, 2.75) is 57.5 Å². The molecule has 1 aliphatic heterocycles. The number of ether oxygens (including phenoxy) is 1. The van der Waals surface area contributed by atoms with Crippen molar-refractivity contribution in [3.63, 3.8) is 0 Å². The molecule has 1 saturated carbocycles. The Kier molecular flexibility index (Phi) is 6.01. The maximum absolute atomic E-state index is 12.8. The molecule has 2 aliphatic rings. The van der Waals surface area contributed by atoms with Crippen LogP contribution in [0.15, 0.2) is 18.2 Å². The number of benzene rings is 1. The Morgan fingerprint density at radius 2 is 1.96 bits per heavy atom. The van der Waals surface area contributed by atoms with Crippen molar-refractivity contribution in [1.29, 1.82) is 0 Å². The van der Waals surface area contributed by atoms with Crippen molar-refractivity contribution in [1.82, 2.24) is 10.2 Å². The van der Waals surface area contributed by atoms with E-state index >= 15 is 0 Å². The van der Waals surface area contributed by atoms with E-state index in [4.69, 9.17) is 4.74 Å². The fourth-order valence-electron chi connectivity index (χ4n) is 4.03. The number of phenolic OH excluding ortho intramolecular Hbond substituents is 1. The molecule has 0 radical (unpaired) electrons. The van der Waals surface area contributed by atoms with E-state index < -0.39 is 0 Å². The van der Waals surface area contributed by atoms with Gasteiger partial charge in [-0.25, -0.2) is 0 Å². The number of methoxy groups -OCH3 is 1. The first-order chi connectivity index (χ1) is 12.6. The average molecular weight is 360 g/mol. The Hall–Kier alpha value is -2.24. The van der Waals surface area contributed by atoms with E-state index in [9.17, 15) is 14.7 Å². The van der Waals surface area contributed by atoms with Gasteiger partial charge >= 0.3 is 0 Å². The molecular weight excluding hydrogens is 332 g/mol. The summed E-state index contributed by atoms with van der Waals surface area (Å²) >= 11 is 0. The average Bonchev–Trinajstić information content (AvgIpc) is 3.17. The lowest BCUT2D eigenvalue weighted by molar-refractivity contribution is -0.142. The number of nitrogens with one attached hydrogen (secondary N) is 1. The number of amides is 2. The molecule has 2 fully saturated rings. The first-order valence-electron chi connectivity index (χ1n) is 9.54. The van der Waals surface area contributed by atoms with Crippen LogP contribution in [-0.2, 0) is 16.1 Å². The minimum absolute atomic E-state index is 0.0719. The van der Waals surface area contributed by atoms with Gasteiger partial charge < -0.3 is 20.1 Å². The van der Waals surface area contributed by atoms with Crippen molar-refractivity contribution in [3.8, 4) is 11.5 Å². The van der Waals surface area contributed by atoms with Crippen LogP contribution in [0.25, 0.3) is 0 Å². The smallest absolute Gasteiger partial charge is 0.243 e. The van der Waals surface area contributed by atoms with Crippen LogP contribution in [0, 0.1) is 5.92 Å². The molecule has 3 rings (SSSR count). The number of rotatable bonds is 5. The van der Waals surface area contributed by atoms with E-state index in [1.807, 2.05) is 0 Å². The first kappa shape index (κ1) is 18.5. The van der Waals surface area contributed by atoms with Gasteiger partial charge in [0.25, 0.3) is 0 Å². The fourth-order valence-corrected chi connectivity index (χ4v) is 4.03. The topological polar surface area (TPSA) is 78.9 Å². The van der Waals surface area contributed by atoms with Crippen LogP contribution in [0.2, 0.25) is 0 Å². The van der Waals surface area contributed by atoms with Gasteiger partial charge in [-0.3, -0.25) is 9.59 Å². The highest BCUT2D eigenvalue weighted by molar-refractivity contribution is 5.89. The molecule has 26 heavy (non-hydrogen) atoms. The van der Waals surface area contributed by atoms with Gasteiger partial charge in [-0.05, 0) is 43.4 Å². The number of carbonyl (C=O) groups excluding carboxylic acids is 2. The predicted octanol–water partition coefficient (Wildman–Crippen LogP) is 2.59. The van der Waals surface area contributed by atoms with Gasteiger partial charge in [0.2, 0.25) is 11.8 Å². The van der Waals surface area contributed by atoms with Crippen molar-refractivity contribution in [2.75, 3.05) is 13.7 Å². The highest BCUT2D eigenvalue weighted by Crippen LogP contribution is 2.29. The second-order valence-corrected chi connectivity index (χ2v) is 7.25. The third-order valence-corrected chi connectivity index (χ3v) is 5.50. The number of nitrogens with zero attached hydrogens (tertiary/aromatic N) is 1. The molecule has 1 aromatic rings. The van der Waals surface area contributed by atoms with Gasteiger partial charge in [0.15, 0.2) is 11.5 Å². The van der Waals surface area contributed by atoms with E-state index in [0.717, 1.165) is 44.1 Å². The van der Waals surface area contributed by atoms with Gasteiger partial charge in [0.1, 0.15) is 6.04 Å². The monoisotopic (exact) mass is 360 g/mol. The lowest BCUT2D eigenvalue weighted by Crippen LogP contribution is -2.47. The summed E-state index contributed by atoms with van der Waals surface area (Å²) in [7, 11) is 1.49. The summed E-state index contributed by atoms with van der Waals surface area (Å²) in [5.74, 6) is 0.611. The highest BCUT2D eigenvalue weighted by atomic mass is 16.5. The summed E-state index contributed by atoms with van der Waals surface area (Å²) in [6, 6.07) is 4.64. The Morgan fingerprint density at radius 3 is 2.69 bits per heavy atom. The summed E-state index contributed by atoms with van der Waals surface area (Å²) in [5.41, 5.74) is 0.844. The third kappa shape index (κ3) is 4.11. The fraction of sp³-hybridized carbons (Fsp3) is 0.600. The van der Waals surface area contributed by atoms with E-state index in [-0.39, 0.29) is 29.5 Å². The van der Waals surface area contributed by atoms with E-state index in [1.165, 1.54) is 13.5 Å². The maximum Gasteiger partial charge on any atom is 0.243 e. The van der Waals surface area contributed by atoms with Crippen molar-refractivity contribution >= 4 is 11.8 Å². The van der Waals surface area contributed by atoms with E-state index in [2.05, 4.69) is 5.32 Å². The quantitative estimate of drug-likeness (QED) is 0.846. The standard InChI is InChI=1S/C20H28N2O4/c1-26-18-12-14(9-10-17(18)23)13-21-19(24)16-8-5-11-22(16)20(25)15-6-3-2-4-7-15/h9-10,12,15-16,23H,2-8,11,13H2,1H3,(H,21,24)/t16-/m0/s1. The molecule has 2 amide bonds. The molecular formula is C20H28N2O4. The molecule has 1 saturated heterocycles. The number of aromatic hydroxyl groups is 1. The molecule has 1 heterocycles. The Morgan fingerprint density at radius 1 is 1.19 bits per heavy atom. The number of carbonyl (C=O) groups is 2.